The Morgan fingerprint density at radius 1 is 1.46 bits per heavy atom. The van der Waals surface area contributed by atoms with Crippen molar-refractivity contribution in [1.29, 1.82) is 5.41 Å². The summed E-state index contributed by atoms with van der Waals surface area (Å²) in [5, 5.41) is 7.24. The van der Waals surface area contributed by atoms with Crippen LogP contribution in [0.1, 0.15) is 33.1 Å². The van der Waals surface area contributed by atoms with Gasteiger partial charge < -0.3 is 5.73 Å². The van der Waals surface area contributed by atoms with Crippen molar-refractivity contribution in [2.75, 3.05) is 19.6 Å². The second-order valence-electron chi connectivity index (χ2n) is 4.19. The van der Waals surface area contributed by atoms with Crippen molar-refractivity contribution in [1.82, 2.24) is 4.90 Å². The minimum absolute atomic E-state index is 0.294. The molecule has 0 saturated carbocycles. The van der Waals surface area contributed by atoms with Crippen molar-refractivity contribution >= 4 is 5.84 Å². The van der Waals surface area contributed by atoms with E-state index in [0.29, 0.717) is 17.8 Å². The molecule has 3 N–H and O–H groups in total. The van der Waals surface area contributed by atoms with Gasteiger partial charge in [0.2, 0.25) is 0 Å². The van der Waals surface area contributed by atoms with E-state index < -0.39 is 0 Å². The first-order chi connectivity index (χ1) is 6.12. The Balaban J connectivity index is 2.47. The van der Waals surface area contributed by atoms with Gasteiger partial charge in [-0.05, 0) is 31.2 Å². The topological polar surface area (TPSA) is 53.1 Å². The predicted molar refractivity (Wildman–Crippen MR) is 56.0 cm³/mol. The molecule has 0 aromatic carbocycles. The van der Waals surface area contributed by atoms with Gasteiger partial charge in [0.1, 0.15) is 5.84 Å². The number of nitrogens with one attached hydrogen (secondary N) is 1. The second-order valence-corrected chi connectivity index (χ2v) is 4.19. The molecule has 3 nitrogen and oxygen atoms in total. The Kier molecular flexibility index (Phi) is 3.31. The molecule has 0 radical (unpaired) electrons. The summed E-state index contributed by atoms with van der Waals surface area (Å²) in [4.78, 5) is 2.30. The van der Waals surface area contributed by atoms with Crippen LogP contribution in [0, 0.1) is 10.8 Å². The number of nitrogens with zero attached hydrogens (tertiary/aromatic N) is 1. The van der Waals surface area contributed by atoms with E-state index in [2.05, 4.69) is 18.7 Å². The van der Waals surface area contributed by atoms with Crippen LogP contribution in [0.3, 0.4) is 0 Å². The van der Waals surface area contributed by atoms with Crippen LogP contribution in [0.5, 0.6) is 0 Å². The Morgan fingerprint density at radius 3 is 2.46 bits per heavy atom. The number of amidine groups is 1. The zero-order valence-corrected chi connectivity index (χ0v) is 8.77. The fourth-order valence-corrected chi connectivity index (χ4v) is 2.23. The highest BCUT2D eigenvalue weighted by molar-refractivity contribution is 5.78. The third kappa shape index (κ3) is 2.44. The van der Waals surface area contributed by atoms with E-state index in [1.165, 1.54) is 19.3 Å². The Hall–Kier alpha value is -0.570. The van der Waals surface area contributed by atoms with E-state index in [1.807, 2.05) is 0 Å². The van der Waals surface area contributed by atoms with E-state index in [-0.39, 0.29) is 0 Å². The smallest absolute Gasteiger partial charge is 0.105 e. The molecule has 1 aliphatic rings. The highest BCUT2D eigenvalue weighted by Crippen LogP contribution is 2.36. The summed E-state index contributed by atoms with van der Waals surface area (Å²) >= 11 is 0. The van der Waals surface area contributed by atoms with Crippen LogP contribution in [0.15, 0.2) is 0 Å². The quantitative estimate of drug-likeness (QED) is 0.512. The fraction of sp³-hybridized carbons (Fsp3) is 0.900. The van der Waals surface area contributed by atoms with Crippen LogP contribution in [0.2, 0.25) is 0 Å². The molecule has 0 amide bonds. The standard InChI is InChI=1S/C10H21N3/c1-3-10(4-2)5-6-13(8-10)7-9(11)12/h3-8H2,1-2H3,(H3,11,12). The molecule has 0 atom stereocenters. The van der Waals surface area contributed by atoms with Gasteiger partial charge in [0.25, 0.3) is 0 Å². The van der Waals surface area contributed by atoms with Crippen LogP contribution in [-0.2, 0) is 0 Å². The zero-order chi connectivity index (χ0) is 9.90. The molecule has 0 aromatic heterocycles. The Morgan fingerprint density at radius 2 is 2.08 bits per heavy atom. The van der Waals surface area contributed by atoms with Crippen molar-refractivity contribution in [2.24, 2.45) is 11.1 Å². The highest BCUT2D eigenvalue weighted by atomic mass is 15.2. The van der Waals surface area contributed by atoms with Crippen molar-refractivity contribution in [3.05, 3.63) is 0 Å². The summed E-state index contributed by atoms with van der Waals surface area (Å²) in [7, 11) is 0. The molecule has 0 unspecified atom stereocenters. The summed E-state index contributed by atoms with van der Waals surface area (Å²) in [6.45, 7) is 7.42. The first-order valence-electron chi connectivity index (χ1n) is 5.17. The third-order valence-electron chi connectivity index (χ3n) is 3.41. The van der Waals surface area contributed by atoms with Crippen LogP contribution >= 0.6 is 0 Å². The van der Waals surface area contributed by atoms with Gasteiger partial charge >= 0.3 is 0 Å². The maximum Gasteiger partial charge on any atom is 0.105 e. The molecule has 0 aliphatic carbocycles. The number of hydrogen-bond donors (Lipinski definition) is 2. The van der Waals surface area contributed by atoms with Crippen LogP contribution in [0.4, 0.5) is 0 Å². The summed E-state index contributed by atoms with van der Waals surface area (Å²) in [6, 6.07) is 0. The molecule has 0 spiro atoms. The average Bonchev–Trinajstić information content (AvgIpc) is 2.48. The maximum atomic E-state index is 7.24. The summed E-state index contributed by atoms with van der Waals surface area (Å²) in [5.41, 5.74) is 5.89. The largest absolute Gasteiger partial charge is 0.387 e. The van der Waals surface area contributed by atoms with Crippen molar-refractivity contribution < 1.29 is 0 Å². The molecule has 0 bridgehead atoms. The molecule has 1 rings (SSSR count). The van der Waals surface area contributed by atoms with Crippen molar-refractivity contribution in [2.45, 2.75) is 33.1 Å². The maximum absolute atomic E-state index is 7.24. The van der Waals surface area contributed by atoms with Crippen LogP contribution in [-0.4, -0.2) is 30.4 Å². The SMILES string of the molecule is CCC1(CC)CCN(CC(=N)N)C1. The molecule has 0 aromatic rings. The number of hydrogen-bond acceptors (Lipinski definition) is 2. The Labute approximate surface area is 80.8 Å². The Bertz CT molecular complexity index is 185. The van der Waals surface area contributed by atoms with Gasteiger partial charge in [-0.2, -0.15) is 0 Å². The average molecular weight is 183 g/mol. The predicted octanol–water partition coefficient (Wildman–Crippen LogP) is 1.43. The lowest BCUT2D eigenvalue weighted by Crippen LogP contribution is -2.33. The normalized spacial score (nSPS) is 22.0. The summed E-state index contributed by atoms with van der Waals surface area (Å²) in [6.07, 6.45) is 3.77. The molecule has 1 fully saturated rings. The summed E-state index contributed by atoms with van der Waals surface area (Å²) in [5.74, 6) is 0.294. The molecule has 1 saturated heterocycles. The summed E-state index contributed by atoms with van der Waals surface area (Å²) < 4.78 is 0. The minimum Gasteiger partial charge on any atom is -0.387 e. The number of likely N-dealkylation sites (tertiary alicyclic amines) is 1. The van der Waals surface area contributed by atoms with Gasteiger partial charge in [-0.25, -0.2) is 0 Å². The van der Waals surface area contributed by atoms with Crippen LogP contribution in [0.25, 0.3) is 0 Å². The molecular formula is C10H21N3. The van der Waals surface area contributed by atoms with E-state index >= 15 is 0 Å². The molecule has 3 heteroatoms. The van der Waals surface area contributed by atoms with E-state index in [1.54, 1.807) is 0 Å². The molecular weight excluding hydrogens is 162 g/mol. The van der Waals surface area contributed by atoms with Crippen molar-refractivity contribution in [3.8, 4) is 0 Å². The third-order valence-corrected chi connectivity index (χ3v) is 3.41. The second kappa shape index (κ2) is 4.09. The molecule has 76 valence electrons. The molecule has 1 aliphatic heterocycles. The monoisotopic (exact) mass is 183 g/mol. The van der Waals surface area contributed by atoms with Gasteiger partial charge in [-0.15, -0.1) is 0 Å². The van der Waals surface area contributed by atoms with E-state index in [9.17, 15) is 0 Å². The lowest BCUT2D eigenvalue weighted by atomic mass is 9.82. The first kappa shape index (κ1) is 10.5. The highest BCUT2D eigenvalue weighted by Gasteiger charge is 2.34. The first-order valence-corrected chi connectivity index (χ1v) is 5.17. The van der Waals surface area contributed by atoms with Gasteiger partial charge in [-0.3, -0.25) is 10.3 Å². The lowest BCUT2D eigenvalue weighted by molar-refractivity contribution is 0.254. The number of rotatable bonds is 4. The molecule has 13 heavy (non-hydrogen) atoms. The van der Waals surface area contributed by atoms with Gasteiger partial charge in [-0.1, -0.05) is 13.8 Å². The van der Waals surface area contributed by atoms with E-state index in [4.69, 9.17) is 11.1 Å². The van der Waals surface area contributed by atoms with Crippen LogP contribution < -0.4 is 5.73 Å². The number of nitrogens with two attached hydrogens (primary N) is 1. The van der Waals surface area contributed by atoms with Gasteiger partial charge in [0.05, 0.1) is 6.54 Å². The fourth-order valence-electron chi connectivity index (χ4n) is 2.23. The molecule has 1 heterocycles. The van der Waals surface area contributed by atoms with Gasteiger partial charge in [0, 0.05) is 6.54 Å². The van der Waals surface area contributed by atoms with Crippen molar-refractivity contribution in [3.63, 3.8) is 0 Å². The lowest BCUT2D eigenvalue weighted by Gasteiger charge is -2.26. The van der Waals surface area contributed by atoms with Gasteiger partial charge in [0.15, 0.2) is 0 Å². The van der Waals surface area contributed by atoms with E-state index in [0.717, 1.165) is 13.1 Å². The zero-order valence-electron chi connectivity index (χ0n) is 8.77. The minimum atomic E-state index is 0.294.